The van der Waals surface area contributed by atoms with Gasteiger partial charge in [-0.1, -0.05) is 6.07 Å². The van der Waals surface area contributed by atoms with Gasteiger partial charge >= 0.3 is 0 Å². The lowest BCUT2D eigenvalue weighted by Crippen LogP contribution is -2.40. The van der Waals surface area contributed by atoms with Crippen molar-refractivity contribution in [3.8, 4) is 0 Å². The molecular formula is C23H30N4O3S. The Bertz CT molecular complexity index is 1170. The zero-order chi connectivity index (χ0) is 21.8. The smallest absolute Gasteiger partial charge is 0.254 e. The highest BCUT2D eigenvalue weighted by Gasteiger charge is 2.38. The maximum absolute atomic E-state index is 13.5. The van der Waals surface area contributed by atoms with Gasteiger partial charge in [-0.05, 0) is 75.6 Å². The predicted molar refractivity (Wildman–Crippen MR) is 118 cm³/mol. The van der Waals surface area contributed by atoms with Crippen LogP contribution >= 0.6 is 0 Å². The lowest BCUT2D eigenvalue weighted by Gasteiger charge is -2.31. The van der Waals surface area contributed by atoms with Gasteiger partial charge in [-0.25, -0.2) is 13.4 Å². The first-order valence-electron chi connectivity index (χ1n) is 11.3. The number of nitrogens with zero attached hydrogens (tertiary/aromatic N) is 3. The molecule has 3 heterocycles. The van der Waals surface area contributed by atoms with Crippen molar-refractivity contribution in [1.82, 2.24) is 19.2 Å². The summed E-state index contributed by atoms with van der Waals surface area (Å²) in [4.78, 5) is 23.2. The summed E-state index contributed by atoms with van der Waals surface area (Å²) in [5, 5.41) is 0. The molecule has 8 heteroatoms. The van der Waals surface area contributed by atoms with E-state index in [-0.39, 0.29) is 5.56 Å². The lowest BCUT2D eigenvalue weighted by atomic mass is 10.0. The average Bonchev–Trinajstić information content (AvgIpc) is 3.42. The molecule has 0 spiro atoms. The van der Waals surface area contributed by atoms with Crippen molar-refractivity contribution in [3.05, 3.63) is 56.8 Å². The highest BCUT2D eigenvalue weighted by molar-refractivity contribution is 7.89. The van der Waals surface area contributed by atoms with Crippen molar-refractivity contribution in [2.75, 3.05) is 13.1 Å². The van der Waals surface area contributed by atoms with E-state index in [1.807, 2.05) is 12.1 Å². The van der Waals surface area contributed by atoms with E-state index in [0.717, 1.165) is 49.0 Å². The van der Waals surface area contributed by atoms with Gasteiger partial charge in [0, 0.05) is 31.2 Å². The third kappa shape index (κ3) is 3.64. The van der Waals surface area contributed by atoms with Crippen LogP contribution in [0, 0.1) is 0 Å². The van der Waals surface area contributed by atoms with Crippen LogP contribution in [0.2, 0.25) is 0 Å². The summed E-state index contributed by atoms with van der Waals surface area (Å²) >= 11 is 0. The highest BCUT2D eigenvalue weighted by atomic mass is 32.2. The Hall–Kier alpha value is -2.03. The second-order valence-electron chi connectivity index (χ2n) is 9.25. The molecule has 1 aromatic heterocycles. The van der Waals surface area contributed by atoms with Gasteiger partial charge in [0.2, 0.25) is 10.0 Å². The maximum Gasteiger partial charge on any atom is 0.254 e. The number of hydrogen-bond acceptors (Lipinski definition) is 5. The molecule has 1 atom stereocenters. The molecule has 1 aliphatic carbocycles. The fourth-order valence-corrected chi connectivity index (χ4v) is 6.93. The number of rotatable bonds is 4. The van der Waals surface area contributed by atoms with E-state index in [1.165, 1.54) is 9.87 Å². The Balaban J connectivity index is 1.49. The van der Waals surface area contributed by atoms with Gasteiger partial charge < -0.3 is 4.98 Å². The van der Waals surface area contributed by atoms with E-state index in [2.05, 4.69) is 23.7 Å². The minimum Gasteiger partial charge on any atom is -0.309 e. The molecule has 2 aromatic rings. The molecule has 7 nitrogen and oxygen atoms in total. The molecule has 2 aliphatic heterocycles. The molecule has 1 fully saturated rings. The van der Waals surface area contributed by atoms with Crippen molar-refractivity contribution in [1.29, 1.82) is 0 Å². The predicted octanol–water partition coefficient (Wildman–Crippen LogP) is 2.55. The van der Waals surface area contributed by atoms with E-state index in [1.54, 1.807) is 6.07 Å². The molecule has 1 aromatic carbocycles. The molecule has 5 rings (SSSR count). The number of hydrogen-bond donors (Lipinski definition) is 1. The second-order valence-corrected chi connectivity index (χ2v) is 11.1. The molecule has 0 amide bonds. The average molecular weight is 443 g/mol. The molecule has 1 unspecified atom stereocenters. The Morgan fingerprint density at radius 3 is 2.71 bits per heavy atom. The van der Waals surface area contributed by atoms with Crippen molar-refractivity contribution < 1.29 is 8.42 Å². The summed E-state index contributed by atoms with van der Waals surface area (Å²) in [7, 11) is -3.66. The van der Waals surface area contributed by atoms with Crippen LogP contribution in [-0.2, 0) is 35.8 Å². The summed E-state index contributed by atoms with van der Waals surface area (Å²) in [5.74, 6) is 0.483. The van der Waals surface area contributed by atoms with Crippen LogP contribution in [0.5, 0.6) is 0 Å². The first-order valence-corrected chi connectivity index (χ1v) is 12.8. The molecule has 0 bridgehead atoms. The number of nitrogens with one attached hydrogen (secondary N) is 1. The SMILES string of the molecule is CC(C)N1CCc2c(nc(C3CCCN3S(=O)(=O)c3ccc4c(c3)CCC4)[nH]c2=O)C1. The Morgan fingerprint density at radius 1 is 1.10 bits per heavy atom. The number of fused-ring (bicyclic) bond motifs is 2. The molecule has 166 valence electrons. The maximum atomic E-state index is 13.5. The minimum absolute atomic E-state index is 0.120. The van der Waals surface area contributed by atoms with Crippen molar-refractivity contribution in [2.24, 2.45) is 0 Å². The van der Waals surface area contributed by atoms with Crippen LogP contribution in [0.4, 0.5) is 0 Å². The van der Waals surface area contributed by atoms with Gasteiger partial charge in [-0.2, -0.15) is 4.31 Å². The van der Waals surface area contributed by atoms with Crippen LogP contribution in [-0.4, -0.2) is 46.7 Å². The third-order valence-corrected chi connectivity index (χ3v) is 8.95. The molecule has 1 N–H and O–H groups in total. The van der Waals surface area contributed by atoms with Gasteiger partial charge in [0.1, 0.15) is 5.82 Å². The Morgan fingerprint density at radius 2 is 1.90 bits per heavy atom. The van der Waals surface area contributed by atoms with Crippen LogP contribution in [0.3, 0.4) is 0 Å². The van der Waals surface area contributed by atoms with Gasteiger partial charge in [0.05, 0.1) is 16.6 Å². The number of aryl methyl sites for hydroxylation is 2. The fourth-order valence-electron chi connectivity index (χ4n) is 5.22. The van der Waals surface area contributed by atoms with Crippen molar-refractivity contribution >= 4 is 10.0 Å². The summed E-state index contributed by atoms with van der Waals surface area (Å²) in [6.45, 7) is 6.20. The standard InChI is InChI=1S/C23H30N4O3S/c1-15(2)26-12-10-19-20(14-26)24-22(25-23(19)28)21-7-4-11-27(21)31(29,30)18-9-8-16-5-3-6-17(16)13-18/h8-9,13,15,21H,3-7,10-12,14H2,1-2H3,(H,24,25,28). The highest BCUT2D eigenvalue weighted by Crippen LogP contribution is 2.36. The number of sulfonamides is 1. The normalized spacial score (nSPS) is 22.1. The molecular weight excluding hydrogens is 412 g/mol. The van der Waals surface area contributed by atoms with Gasteiger partial charge in [-0.3, -0.25) is 9.69 Å². The first-order chi connectivity index (χ1) is 14.8. The van der Waals surface area contributed by atoms with E-state index >= 15 is 0 Å². The topological polar surface area (TPSA) is 86.4 Å². The minimum atomic E-state index is -3.66. The van der Waals surface area contributed by atoms with E-state index < -0.39 is 16.1 Å². The van der Waals surface area contributed by atoms with Gasteiger partial charge in [0.15, 0.2) is 0 Å². The van der Waals surface area contributed by atoms with Gasteiger partial charge in [-0.15, -0.1) is 0 Å². The van der Waals surface area contributed by atoms with E-state index in [9.17, 15) is 13.2 Å². The lowest BCUT2D eigenvalue weighted by molar-refractivity contribution is 0.198. The Labute approximate surface area is 183 Å². The number of benzene rings is 1. The Kier molecular flexibility index (Phi) is 5.27. The summed E-state index contributed by atoms with van der Waals surface area (Å²) < 4.78 is 28.6. The first kappa shape index (κ1) is 20.8. The van der Waals surface area contributed by atoms with Crippen molar-refractivity contribution in [2.45, 2.75) is 75.9 Å². The molecule has 0 radical (unpaired) electrons. The fraction of sp³-hybridized carbons (Fsp3) is 0.565. The number of aromatic amines is 1. The molecule has 31 heavy (non-hydrogen) atoms. The van der Waals surface area contributed by atoms with Crippen LogP contribution in [0.1, 0.15) is 67.4 Å². The number of aromatic nitrogens is 2. The zero-order valence-corrected chi connectivity index (χ0v) is 19.0. The quantitative estimate of drug-likeness (QED) is 0.786. The zero-order valence-electron chi connectivity index (χ0n) is 18.2. The summed E-state index contributed by atoms with van der Waals surface area (Å²) in [6.07, 6.45) is 5.15. The van der Waals surface area contributed by atoms with Crippen LogP contribution in [0.15, 0.2) is 27.9 Å². The molecule has 1 saturated heterocycles. The van der Waals surface area contributed by atoms with Crippen LogP contribution < -0.4 is 5.56 Å². The van der Waals surface area contributed by atoms with Crippen molar-refractivity contribution in [3.63, 3.8) is 0 Å². The summed E-state index contributed by atoms with van der Waals surface area (Å²) in [5.41, 5.74) is 3.82. The van der Waals surface area contributed by atoms with E-state index in [0.29, 0.717) is 42.7 Å². The van der Waals surface area contributed by atoms with E-state index in [4.69, 9.17) is 4.98 Å². The molecule has 0 saturated carbocycles. The molecule has 3 aliphatic rings. The van der Waals surface area contributed by atoms with Gasteiger partial charge in [0.25, 0.3) is 5.56 Å². The third-order valence-electron chi connectivity index (χ3n) is 7.05. The summed E-state index contributed by atoms with van der Waals surface area (Å²) in [6, 6.07) is 5.49. The second kappa shape index (κ2) is 7.83. The monoisotopic (exact) mass is 442 g/mol. The van der Waals surface area contributed by atoms with Crippen LogP contribution in [0.25, 0.3) is 0 Å². The number of H-pyrrole nitrogens is 1. The largest absolute Gasteiger partial charge is 0.309 e.